The molecule has 1 aromatic heterocycles. The number of nitrogens with one attached hydrogen (secondary N) is 1. The minimum atomic E-state index is -0.913. The van der Waals surface area contributed by atoms with Gasteiger partial charge in [0.15, 0.2) is 0 Å². The van der Waals surface area contributed by atoms with Crippen molar-refractivity contribution >= 4 is 22.9 Å². The fourth-order valence-corrected chi connectivity index (χ4v) is 5.56. The van der Waals surface area contributed by atoms with E-state index in [1.165, 1.54) is 4.90 Å². The molecule has 0 aliphatic carbocycles. The van der Waals surface area contributed by atoms with E-state index in [0.29, 0.717) is 48.5 Å². The first-order chi connectivity index (χ1) is 18.2. The molecule has 1 aliphatic rings. The van der Waals surface area contributed by atoms with Crippen LogP contribution in [0.3, 0.4) is 0 Å². The van der Waals surface area contributed by atoms with Crippen LogP contribution in [-0.4, -0.2) is 61.6 Å². The van der Waals surface area contributed by atoms with Crippen LogP contribution in [0.15, 0.2) is 53.3 Å². The van der Waals surface area contributed by atoms with Gasteiger partial charge in [0.25, 0.3) is 11.5 Å². The van der Waals surface area contributed by atoms with Gasteiger partial charge in [-0.05, 0) is 51.0 Å². The molecule has 9 nitrogen and oxygen atoms in total. The molecule has 3 unspecified atom stereocenters. The van der Waals surface area contributed by atoms with Gasteiger partial charge in [-0.25, -0.2) is 9.78 Å². The summed E-state index contributed by atoms with van der Waals surface area (Å²) in [7, 11) is 0. The van der Waals surface area contributed by atoms with Crippen molar-refractivity contribution in [3.63, 3.8) is 0 Å². The van der Waals surface area contributed by atoms with Gasteiger partial charge in [0, 0.05) is 43.8 Å². The summed E-state index contributed by atoms with van der Waals surface area (Å²) >= 11 is 0. The molecule has 0 saturated carbocycles. The first-order valence-corrected chi connectivity index (χ1v) is 13.4. The first kappa shape index (κ1) is 27.3. The number of fused-ring (bicyclic) bond motifs is 1. The van der Waals surface area contributed by atoms with Gasteiger partial charge in [-0.15, -0.1) is 0 Å². The van der Waals surface area contributed by atoms with Gasteiger partial charge in [0.05, 0.1) is 16.9 Å². The number of rotatable bonds is 8. The van der Waals surface area contributed by atoms with Gasteiger partial charge < -0.3 is 15.3 Å². The lowest BCUT2D eigenvalue weighted by molar-refractivity contribution is 0.0171. The molecule has 1 saturated heterocycles. The second-order valence-electron chi connectivity index (χ2n) is 10.1. The van der Waals surface area contributed by atoms with Crippen molar-refractivity contribution in [1.82, 2.24) is 24.7 Å². The molecule has 2 aromatic carbocycles. The van der Waals surface area contributed by atoms with Crippen molar-refractivity contribution in [1.29, 1.82) is 0 Å². The van der Waals surface area contributed by atoms with Crippen molar-refractivity contribution in [3.8, 4) is 0 Å². The van der Waals surface area contributed by atoms with E-state index in [0.717, 1.165) is 18.4 Å². The van der Waals surface area contributed by atoms with Gasteiger partial charge >= 0.3 is 6.09 Å². The number of carboxylic acid groups (broad SMARTS) is 1. The van der Waals surface area contributed by atoms with Crippen molar-refractivity contribution < 1.29 is 14.7 Å². The van der Waals surface area contributed by atoms with Crippen LogP contribution in [0.25, 0.3) is 10.9 Å². The fraction of sp³-hybridized carbons (Fsp3) is 0.448. The highest BCUT2D eigenvalue weighted by atomic mass is 16.4. The third-order valence-electron chi connectivity index (χ3n) is 7.33. The zero-order valence-electron chi connectivity index (χ0n) is 22.6. The van der Waals surface area contributed by atoms with Crippen LogP contribution in [0, 0.1) is 0 Å². The molecular weight excluding hydrogens is 482 g/mol. The Morgan fingerprint density at radius 3 is 2.37 bits per heavy atom. The number of hydrogen-bond donors (Lipinski definition) is 2. The van der Waals surface area contributed by atoms with Crippen LogP contribution in [-0.2, 0) is 13.1 Å². The van der Waals surface area contributed by atoms with Gasteiger partial charge in [-0.2, -0.15) is 0 Å². The van der Waals surface area contributed by atoms with Gasteiger partial charge in [0.1, 0.15) is 5.82 Å². The van der Waals surface area contributed by atoms with E-state index < -0.39 is 6.09 Å². The number of piperazine rings is 1. The molecule has 3 atom stereocenters. The Labute approximate surface area is 223 Å². The van der Waals surface area contributed by atoms with Crippen molar-refractivity contribution in [2.45, 2.75) is 71.8 Å². The second-order valence-corrected chi connectivity index (χ2v) is 10.1. The van der Waals surface area contributed by atoms with Crippen LogP contribution in [0.1, 0.15) is 68.3 Å². The van der Waals surface area contributed by atoms with E-state index >= 15 is 0 Å². The highest BCUT2D eigenvalue weighted by Gasteiger charge is 2.37. The number of nitrogens with zero attached hydrogens (tertiary/aromatic N) is 4. The average molecular weight is 520 g/mol. The van der Waals surface area contributed by atoms with Crippen LogP contribution < -0.4 is 10.9 Å². The van der Waals surface area contributed by atoms with Crippen LogP contribution in [0.5, 0.6) is 0 Å². The lowest BCUT2D eigenvalue weighted by atomic mass is 10.0. The van der Waals surface area contributed by atoms with Crippen LogP contribution in [0.2, 0.25) is 0 Å². The molecule has 202 valence electrons. The Hall–Kier alpha value is -3.72. The predicted octanol–water partition coefficient (Wildman–Crippen LogP) is 4.26. The molecule has 0 spiro atoms. The second kappa shape index (κ2) is 11.8. The van der Waals surface area contributed by atoms with E-state index in [1.807, 2.05) is 51.1 Å². The van der Waals surface area contributed by atoms with Crippen molar-refractivity contribution in [2.75, 3.05) is 13.1 Å². The zero-order valence-corrected chi connectivity index (χ0v) is 22.6. The Morgan fingerprint density at radius 1 is 1.08 bits per heavy atom. The summed E-state index contributed by atoms with van der Waals surface area (Å²) in [5, 5.41) is 13.1. The Bertz CT molecular complexity index is 1340. The highest BCUT2D eigenvalue weighted by molar-refractivity contribution is 5.97. The largest absolute Gasteiger partial charge is 0.465 e. The number of amides is 2. The lowest BCUT2D eigenvalue weighted by Crippen LogP contribution is -2.59. The normalized spacial score (nSPS) is 18.9. The summed E-state index contributed by atoms with van der Waals surface area (Å²) in [4.78, 5) is 47.0. The summed E-state index contributed by atoms with van der Waals surface area (Å²) in [6, 6.07) is 14.2. The first-order valence-electron chi connectivity index (χ1n) is 13.4. The maximum atomic E-state index is 13.6. The molecule has 9 heteroatoms. The molecule has 4 rings (SSSR count). The Kier molecular flexibility index (Phi) is 8.46. The molecule has 38 heavy (non-hydrogen) atoms. The number of benzene rings is 2. The van der Waals surface area contributed by atoms with E-state index in [1.54, 1.807) is 22.8 Å². The van der Waals surface area contributed by atoms with E-state index in [4.69, 9.17) is 4.98 Å². The molecule has 1 fully saturated rings. The Morgan fingerprint density at radius 2 is 1.76 bits per heavy atom. The predicted molar refractivity (Wildman–Crippen MR) is 147 cm³/mol. The van der Waals surface area contributed by atoms with Crippen molar-refractivity contribution in [3.05, 3.63) is 75.8 Å². The fourth-order valence-electron chi connectivity index (χ4n) is 5.56. The van der Waals surface area contributed by atoms with Gasteiger partial charge in [-0.1, -0.05) is 43.7 Å². The minimum Gasteiger partial charge on any atom is -0.465 e. The number of carbonyl (C=O) groups is 2. The molecular formula is C29H37N5O4. The summed E-state index contributed by atoms with van der Waals surface area (Å²) in [6.45, 7) is 9.85. The summed E-state index contributed by atoms with van der Waals surface area (Å²) in [6.07, 6.45) is 0.748. The topological polar surface area (TPSA) is 108 Å². The van der Waals surface area contributed by atoms with Crippen molar-refractivity contribution in [2.24, 2.45) is 0 Å². The third-order valence-corrected chi connectivity index (χ3v) is 7.33. The SMILES string of the molecule is CCCC(c1nc2cc(C(=O)NCc3ccccc3)ccc2c(=O)n1CC)N1CC(C)N(C(=O)O)C(C)C1. The summed E-state index contributed by atoms with van der Waals surface area (Å²) < 4.78 is 1.72. The van der Waals surface area contributed by atoms with E-state index in [-0.39, 0.29) is 29.6 Å². The Balaban J connectivity index is 1.69. The van der Waals surface area contributed by atoms with E-state index in [2.05, 4.69) is 17.1 Å². The number of carbonyl (C=O) groups excluding carboxylic acids is 1. The number of aromatic nitrogens is 2. The summed E-state index contributed by atoms with van der Waals surface area (Å²) in [5.41, 5.74) is 1.81. The van der Waals surface area contributed by atoms with Gasteiger partial charge in [0.2, 0.25) is 0 Å². The highest BCUT2D eigenvalue weighted by Crippen LogP contribution is 2.30. The van der Waals surface area contributed by atoms with Crippen LogP contribution >= 0.6 is 0 Å². The van der Waals surface area contributed by atoms with E-state index in [9.17, 15) is 19.5 Å². The maximum absolute atomic E-state index is 13.6. The molecule has 2 N–H and O–H groups in total. The standard InChI is InChI=1S/C29H37N5O4/c1-5-10-25(32-17-19(3)34(29(37)38)20(4)18-32)26-31-24-15-22(13-14-23(24)28(36)33(26)6-2)27(35)30-16-21-11-8-7-9-12-21/h7-9,11-15,19-20,25H,5-6,10,16-18H2,1-4H3,(H,30,35)(H,37,38). The molecule has 2 amide bonds. The maximum Gasteiger partial charge on any atom is 0.407 e. The van der Waals surface area contributed by atoms with Gasteiger partial charge in [-0.3, -0.25) is 19.1 Å². The molecule has 3 aromatic rings. The third kappa shape index (κ3) is 5.57. The number of hydrogen-bond acceptors (Lipinski definition) is 5. The molecule has 0 bridgehead atoms. The molecule has 1 aliphatic heterocycles. The quantitative estimate of drug-likeness (QED) is 0.461. The molecule has 2 heterocycles. The molecule has 0 radical (unpaired) electrons. The minimum absolute atomic E-state index is 0.130. The average Bonchev–Trinajstić information content (AvgIpc) is 2.90. The zero-order chi connectivity index (χ0) is 27.4. The smallest absolute Gasteiger partial charge is 0.407 e. The monoisotopic (exact) mass is 519 g/mol. The van der Waals surface area contributed by atoms with Crippen LogP contribution in [0.4, 0.5) is 4.79 Å². The summed E-state index contributed by atoms with van der Waals surface area (Å²) in [5.74, 6) is 0.438. The lowest BCUT2D eigenvalue weighted by Gasteiger charge is -2.45.